The van der Waals surface area contributed by atoms with E-state index in [1.807, 2.05) is 0 Å². The van der Waals surface area contributed by atoms with Crippen molar-refractivity contribution in [1.29, 1.82) is 0 Å². The van der Waals surface area contributed by atoms with Gasteiger partial charge in [-0.1, -0.05) is 18.2 Å². The molecule has 0 spiro atoms. The fraction of sp³-hybridized carbons (Fsp3) is 0.214. The summed E-state index contributed by atoms with van der Waals surface area (Å²) in [5, 5.41) is 2.43. The Bertz CT molecular complexity index is 554. The Hall–Kier alpha value is -2.37. The van der Waals surface area contributed by atoms with E-state index in [-0.39, 0.29) is 11.7 Å². The summed E-state index contributed by atoms with van der Waals surface area (Å²) in [5.41, 5.74) is -0.0626. The number of carbonyl (C=O) groups excluding carboxylic acids is 3. The molecule has 0 fully saturated rings. The summed E-state index contributed by atoms with van der Waals surface area (Å²) in [6.07, 6.45) is 2.62. The summed E-state index contributed by atoms with van der Waals surface area (Å²) < 4.78 is 5.18. The molecule has 1 unspecified atom stereocenters. The van der Waals surface area contributed by atoms with Gasteiger partial charge in [-0.3, -0.25) is 4.79 Å². The van der Waals surface area contributed by atoms with Gasteiger partial charge in [-0.15, -0.1) is 0 Å². The molecule has 1 amide bonds. The van der Waals surface area contributed by atoms with Crippen LogP contribution in [0.5, 0.6) is 5.75 Å². The second-order valence-corrected chi connectivity index (χ2v) is 4.12. The smallest absolute Gasteiger partial charge is 0.333 e. The van der Waals surface area contributed by atoms with Crippen LogP contribution in [0.3, 0.4) is 0 Å². The minimum atomic E-state index is -0.763. The molecule has 0 saturated heterocycles. The molecule has 6 heteroatoms. The molecule has 0 aliphatic carbocycles. The Morgan fingerprint density at radius 2 is 1.95 bits per heavy atom. The second kappa shape index (κ2) is 7.28. The van der Waals surface area contributed by atoms with Gasteiger partial charge in [0.25, 0.3) is 0 Å². The minimum Gasteiger partial charge on any atom is -0.424 e. The highest BCUT2D eigenvalue weighted by atomic mass is 16.5. The van der Waals surface area contributed by atoms with Crippen molar-refractivity contribution in [3.63, 3.8) is 0 Å². The number of nitrogens with one attached hydrogen (secondary N) is 1. The van der Waals surface area contributed by atoms with Crippen molar-refractivity contribution in [2.45, 2.75) is 19.9 Å². The first-order valence-corrected chi connectivity index (χ1v) is 5.95. The largest absolute Gasteiger partial charge is 0.424 e. The van der Waals surface area contributed by atoms with E-state index < -0.39 is 17.7 Å². The van der Waals surface area contributed by atoms with E-state index in [4.69, 9.17) is 12.6 Å². The van der Waals surface area contributed by atoms with Crippen LogP contribution in [-0.4, -0.2) is 31.4 Å². The third-order valence-electron chi connectivity index (χ3n) is 2.33. The van der Waals surface area contributed by atoms with Crippen molar-refractivity contribution in [3.05, 3.63) is 35.9 Å². The number of carbonyl (C=O) groups is 3. The monoisotopic (exact) mass is 271 g/mol. The second-order valence-electron chi connectivity index (χ2n) is 4.12. The van der Waals surface area contributed by atoms with Crippen molar-refractivity contribution in [3.8, 4) is 5.75 Å². The van der Waals surface area contributed by atoms with Crippen LogP contribution in [0.4, 0.5) is 0 Å². The maximum absolute atomic E-state index is 11.8. The lowest BCUT2D eigenvalue weighted by Gasteiger charge is -2.13. The van der Waals surface area contributed by atoms with Crippen LogP contribution < -0.4 is 10.1 Å². The first kappa shape index (κ1) is 15.7. The van der Waals surface area contributed by atoms with Gasteiger partial charge in [-0.2, -0.15) is 0 Å². The molecular formula is C14H14BNO4. The van der Waals surface area contributed by atoms with E-state index in [1.165, 1.54) is 26.0 Å². The topological polar surface area (TPSA) is 72.5 Å². The number of para-hydroxylation sites is 1. The van der Waals surface area contributed by atoms with Crippen LogP contribution in [-0.2, 0) is 14.4 Å². The average Bonchev–Trinajstić information content (AvgIpc) is 2.36. The lowest BCUT2D eigenvalue weighted by molar-refractivity contribution is -0.138. The zero-order valence-corrected chi connectivity index (χ0v) is 11.3. The number of benzene rings is 1. The maximum atomic E-state index is 11.8. The fourth-order valence-corrected chi connectivity index (χ4v) is 1.44. The van der Waals surface area contributed by atoms with Gasteiger partial charge in [0.15, 0.2) is 7.85 Å². The Labute approximate surface area is 118 Å². The van der Waals surface area contributed by atoms with Crippen LogP contribution in [0.25, 0.3) is 6.08 Å². The van der Waals surface area contributed by atoms with Crippen LogP contribution in [0.2, 0.25) is 0 Å². The van der Waals surface area contributed by atoms with Gasteiger partial charge >= 0.3 is 5.97 Å². The molecule has 20 heavy (non-hydrogen) atoms. The zero-order chi connectivity index (χ0) is 15.1. The van der Waals surface area contributed by atoms with Gasteiger partial charge in [0.05, 0.1) is 5.68 Å². The van der Waals surface area contributed by atoms with Crippen molar-refractivity contribution in [1.82, 2.24) is 5.32 Å². The number of rotatable bonds is 5. The minimum absolute atomic E-state index is 0.284. The van der Waals surface area contributed by atoms with E-state index >= 15 is 0 Å². The molecule has 1 aromatic rings. The molecule has 0 aliphatic rings. The van der Waals surface area contributed by atoms with Gasteiger partial charge in [0, 0.05) is 12.5 Å². The first-order valence-electron chi connectivity index (χ1n) is 5.95. The third kappa shape index (κ3) is 5.10. The van der Waals surface area contributed by atoms with Crippen molar-refractivity contribution in [2.75, 3.05) is 0 Å². The predicted octanol–water partition coefficient (Wildman–Crippen LogP) is 0.825. The van der Waals surface area contributed by atoms with Gasteiger partial charge in [0.1, 0.15) is 11.8 Å². The molecule has 0 saturated carbocycles. The van der Waals surface area contributed by atoms with Crippen LogP contribution in [0, 0.1) is 0 Å². The quantitative estimate of drug-likeness (QED) is 0.372. The predicted molar refractivity (Wildman–Crippen MR) is 75.2 cm³/mol. The Balaban J connectivity index is 2.84. The highest BCUT2D eigenvalue weighted by Crippen LogP contribution is 2.20. The molecule has 0 aliphatic heterocycles. The van der Waals surface area contributed by atoms with E-state index in [0.29, 0.717) is 5.56 Å². The van der Waals surface area contributed by atoms with Crippen molar-refractivity contribution < 1.29 is 19.1 Å². The Morgan fingerprint density at radius 1 is 1.30 bits per heavy atom. The fourth-order valence-electron chi connectivity index (χ4n) is 1.44. The molecule has 2 radical (unpaired) electrons. The van der Waals surface area contributed by atoms with Crippen molar-refractivity contribution >= 4 is 31.5 Å². The van der Waals surface area contributed by atoms with E-state index in [0.717, 1.165) is 0 Å². The molecule has 1 aromatic carbocycles. The summed E-state index contributed by atoms with van der Waals surface area (Å²) in [7, 11) is 5.01. The Morgan fingerprint density at radius 3 is 2.55 bits per heavy atom. The van der Waals surface area contributed by atoms with Crippen LogP contribution in [0.15, 0.2) is 30.3 Å². The van der Waals surface area contributed by atoms with Gasteiger partial charge < -0.3 is 14.8 Å². The highest BCUT2D eigenvalue weighted by molar-refractivity contribution is 6.61. The Kier molecular flexibility index (Phi) is 5.71. The van der Waals surface area contributed by atoms with E-state index in [2.05, 4.69) is 5.32 Å². The van der Waals surface area contributed by atoms with Gasteiger partial charge in [-0.25, -0.2) is 4.79 Å². The number of hydrogen-bond donors (Lipinski definition) is 1. The van der Waals surface area contributed by atoms with Crippen molar-refractivity contribution in [2.24, 2.45) is 0 Å². The number of esters is 1. The molecule has 0 aromatic heterocycles. The number of hydrogen-bond acceptors (Lipinski definition) is 4. The normalized spacial score (nSPS) is 11.9. The molecule has 102 valence electrons. The number of allylic oxidation sites excluding steroid dienone is 1. The number of ether oxygens (including phenoxy) is 1. The molecule has 0 bridgehead atoms. The molecule has 1 atom stereocenters. The summed E-state index contributed by atoms with van der Waals surface area (Å²) in [4.78, 5) is 33.4. The van der Waals surface area contributed by atoms with Crippen LogP contribution >= 0.6 is 0 Å². The maximum Gasteiger partial charge on any atom is 0.333 e. The SMILES string of the molecule is [B]C(=O)/C=C\c1ccccc1OC(=O)C(C)NC(C)=O. The molecular weight excluding hydrogens is 257 g/mol. The lowest BCUT2D eigenvalue weighted by atomic mass is 10.0. The van der Waals surface area contributed by atoms with Gasteiger partial charge in [-0.05, 0) is 25.1 Å². The zero-order valence-electron chi connectivity index (χ0n) is 11.3. The molecule has 5 nitrogen and oxygen atoms in total. The highest BCUT2D eigenvalue weighted by Gasteiger charge is 2.16. The van der Waals surface area contributed by atoms with E-state index in [1.54, 1.807) is 24.3 Å². The van der Waals surface area contributed by atoms with Gasteiger partial charge in [0.2, 0.25) is 5.91 Å². The van der Waals surface area contributed by atoms with Crippen LogP contribution in [0.1, 0.15) is 19.4 Å². The molecule has 0 heterocycles. The summed E-state index contributed by atoms with van der Waals surface area (Å²) in [5.74, 6) is -0.635. The number of amides is 1. The summed E-state index contributed by atoms with van der Waals surface area (Å²) in [6.45, 7) is 2.83. The standard InChI is InChI=1S/C14H14BNO4/c1-9(16-10(2)17)14(19)20-12-6-4-3-5-11(12)7-8-13(15)18/h3-9H,1-2H3,(H,16,17)/b8-7-. The van der Waals surface area contributed by atoms with E-state index in [9.17, 15) is 14.4 Å². The summed E-state index contributed by atoms with van der Waals surface area (Å²) >= 11 is 0. The first-order chi connectivity index (χ1) is 9.40. The average molecular weight is 271 g/mol. The lowest BCUT2D eigenvalue weighted by Crippen LogP contribution is -2.39. The summed E-state index contributed by atoms with van der Waals surface area (Å²) in [6, 6.07) is 5.91. The molecule has 1 N–H and O–H groups in total. The third-order valence-corrected chi connectivity index (χ3v) is 2.33. The molecule has 1 rings (SSSR count).